The van der Waals surface area contributed by atoms with E-state index in [1.807, 2.05) is 0 Å². The maximum atomic E-state index is 11.1. The Kier molecular flexibility index (Phi) is 3.31. The molecule has 0 saturated heterocycles. The number of sulfone groups is 1. The number of hydrogen-bond acceptors (Lipinski definition) is 4. The van der Waals surface area contributed by atoms with Gasteiger partial charge in [-0.3, -0.25) is 4.79 Å². The van der Waals surface area contributed by atoms with Gasteiger partial charge in [-0.2, -0.15) is 0 Å². The van der Waals surface area contributed by atoms with Crippen LogP contribution in [0.3, 0.4) is 0 Å². The van der Waals surface area contributed by atoms with Gasteiger partial charge >= 0.3 is 0 Å². The number of carbonyl (C=O) groups is 1. The first-order valence-corrected chi connectivity index (χ1v) is 6.03. The minimum atomic E-state index is -3.41. The Balaban J connectivity index is 3.04. The molecule has 0 heterocycles. The van der Waals surface area contributed by atoms with E-state index in [0.29, 0.717) is 12.0 Å². The molecule has 2 N–H and O–H groups in total. The van der Waals surface area contributed by atoms with Crippen LogP contribution in [0.5, 0.6) is 5.75 Å². The van der Waals surface area contributed by atoms with E-state index in [9.17, 15) is 18.3 Å². The lowest BCUT2D eigenvalue weighted by Crippen LogP contribution is -2.09. The monoisotopic (exact) mass is 229 g/mol. The van der Waals surface area contributed by atoms with Crippen LogP contribution in [0.2, 0.25) is 0 Å². The van der Waals surface area contributed by atoms with Crippen molar-refractivity contribution in [3.63, 3.8) is 0 Å². The number of benzene rings is 1. The molecule has 1 rings (SSSR count). The van der Waals surface area contributed by atoms with Gasteiger partial charge in [0, 0.05) is 12.8 Å². The van der Waals surface area contributed by atoms with E-state index in [1.54, 1.807) is 0 Å². The van der Waals surface area contributed by atoms with Crippen molar-refractivity contribution in [1.29, 1.82) is 0 Å². The van der Waals surface area contributed by atoms with Gasteiger partial charge in [-0.1, -0.05) is 6.07 Å². The topological polar surface area (TPSA) is 83.5 Å². The first kappa shape index (κ1) is 11.5. The number of hydrogen-bond donors (Lipinski definition) is 2. The van der Waals surface area contributed by atoms with Crippen LogP contribution in [0.15, 0.2) is 23.1 Å². The van der Waals surface area contributed by atoms with Crippen LogP contribution < -0.4 is 5.32 Å². The van der Waals surface area contributed by atoms with Crippen molar-refractivity contribution >= 4 is 16.2 Å². The highest BCUT2D eigenvalue weighted by atomic mass is 32.2. The number of amides is 1. The second-order valence-corrected chi connectivity index (χ2v) is 5.06. The molecule has 0 aliphatic heterocycles. The van der Waals surface area contributed by atoms with Crippen LogP contribution in [-0.4, -0.2) is 26.2 Å². The predicted octanol–water partition coefficient (Wildman–Crippen LogP) is 0.0417. The first-order valence-electron chi connectivity index (χ1n) is 4.14. The number of phenols is 1. The van der Waals surface area contributed by atoms with E-state index in [1.165, 1.54) is 18.2 Å². The molecule has 0 aromatic heterocycles. The lowest BCUT2D eigenvalue weighted by Gasteiger charge is -2.05. The van der Waals surface area contributed by atoms with Crippen LogP contribution in [0.25, 0.3) is 0 Å². The number of aromatic hydroxyl groups is 1. The fourth-order valence-electron chi connectivity index (χ4n) is 1.15. The summed E-state index contributed by atoms with van der Waals surface area (Å²) in [7, 11) is -3.41. The van der Waals surface area contributed by atoms with E-state index in [-0.39, 0.29) is 17.2 Å². The molecule has 6 heteroatoms. The summed E-state index contributed by atoms with van der Waals surface area (Å²) in [5.41, 5.74) is 0.631. The third-order valence-corrected chi connectivity index (χ3v) is 2.96. The van der Waals surface area contributed by atoms with Crippen molar-refractivity contribution in [2.24, 2.45) is 0 Å². The Morgan fingerprint density at radius 3 is 2.60 bits per heavy atom. The van der Waals surface area contributed by atoms with Gasteiger partial charge < -0.3 is 10.4 Å². The zero-order valence-electron chi connectivity index (χ0n) is 8.10. The van der Waals surface area contributed by atoms with E-state index < -0.39 is 9.84 Å². The average Bonchev–Trinajstić information content (AvgIpc) is 2.12. The molecule has 5 nitrogen and oxygen atoms in total. The Morgan fingerprint density at radius 2 is 2.13 bits per heavy atom. The molecule has 0 unspecified atom stereocenters. The van der Waals surface area contributed by atoms with E-state index >= 15 is 0 Å². The SMILES string of the molecule is CS(=O)(=O)c1ccc(CNC=O)cc1O. The largest absolute Gasteiger partial charge is 0.507 e. The zero-order chi connectivity index (χ0) is 11.5. The van der Waals surface area contributed by atoms with Gasteiger partial charge in [0.05, 0.1) is 0 Å². The summed E-state index contributed by atoms with van der Waals surface area (Å²) in [6, 6.07) is 4.16. The molecule has 0 atom stereocenters. The highest BCUT2D eigenvalue weighted by Crippen LogP contribution is 2.23. The maximum absolute atomic E-state index is 11.1. The van der Waals surface area contributed by atoms with E-state index in [0.717, 1.165) is 6.26 Å². The standard InChI is InChI=1S/C9H11NO4S/c1-15(13,14)9-3-2-7(4-8(9)12)5-10-6-11/h2-4,6,12H,5H2,1H3,(H,10,11). The van der Waals surface area contributed by atoms with Gasteiger partial charge in [0.15, 0.2) is 9.84 Å². The summed E-state index contributed by atoms with van der Waals surface area (Å²) in [6.45, 7) is 0.251. The third-order valence-electron chi connectivity index (χ3n) is 1.81. The summed E-state index contributed by atoms with van der Waals surface area (Å²) in [5.74, 6) is -0.303. The van der Waals surface area contributed by atoms with Gasteiger partial charge in [-0.15, -0.1) is 0 Å². The molecule has 1 amide bonds. The molecule has 0 fully saturated rings. The molecule has 1 aromatic carbocycles. The second kappa shape index (κ2) is 4.31. The van der Waals surface area contributed by atoms with E-state index in [2.05, 4.69) is 5.32 Å². The van der Waals surface area contributed by atoms with Crippen molar-refractivity contribution in [2.75, 3.05) is 6.26 Å². The highest BCUT2D eigenvalue weighted by Gasteiger charge is 2.12. The quantitative estimate of drug-likeness (QED) is 0.714. The zero-order valence-corrected chi connectivity index (χ0v) is 8.91. The number of phenolic OH excluding ortho intramolecular Hbond substituents is 1. The molecule has 1 aromatic rings. The van der Waals surface area contributed by atoms with Crippen molar-refractivity contribution < 1.29 is 18.3 Å². The van der Waals surface area contributed by atoms with Crippen molar-refractivity contribution in [2.45, 2.75) is 11.4 Å². The molecule has 82 valence electrons. The molecule has 0 bridgehead atoms. The smallest absolute Gasteiger partial charge is 0.207 e. The summed E-state index contributed by atoms with van der Waals surface area (Å²) < 4.78 is 22.3. The van der Waals surface area contributed by atoms with Crippen LogP contribution >= 0.6 is 0 Å². The molecule has 15 heavy (non-hydrogen) atoms. The van der Waals surface area contributed by atoms with Crippen LogP contribution in [0.4, 0.5) is 0 Å². The van der Waals surface area contributed by atoms with Crippen LogP contribution in [0.1, 0.15) is 5.56 Å². The molecular formula is C9H11NO4S. The number of carbonyl (C=O) groups excluding carboxylic acids is 1. The summed E-state index contributed by atoms with van der Waals surface area (Å²) >= 11 is 0. The van der Waals surface area contributed by atoms with Gasteiger partial charge in [0.1, 0.15) is 10.6 Å². The fraction of sp³-hybridized carbons (Fsp3) is 0.222. The Labute approximate surface area is 87.7 Å². The molecule has 0 aliphatic rings. The van der Waals surface area contributed by atoms with Gasteiger partial charge in [-0.25, -0.2) is 8.42 Å². The lowest BCUT2D eigenvalue weighted by molar-refractivity contribution is -0.109. The van der Waals surface area contributed by atoms with Crippen molar-refractivity contribution in [3.8, 4) is 5.75 Å². The fourth-order valence-corrected chi connectivity index (χ4v) is 1.90. The van der Waals surface area contributed by atoms with Crippen LogP contribution in [0, 0.1) is 0 Å². The van der Waals surface area contributed by atoms with Crippen molar-refractivity contribution in [3.05, 3.63) is 23.8 Å². The van der Waals surface area contributed by atoms with E-state index in [4.69, 9.17) is 0 Å². The Bertz CT molecular complexity index is 467. The molecule has 0 saturated carbocycles. The Hall–Kier alpha value is -1.56. The molecule has 0 spiro atoms. The summed E-state index contributed by atoms with van der Waals surface area (Å²) in [4.78, 5) is 9.91. The highest BCUT2D eigenvalue weighted by molar-refractivity contribution is 7.90. The maximum Gasteiger partial charge on any atom is 0.207 e. The minimum absolute atomic E-state index is 0.114. The van der Waals surface area contributed by atoms with Crippen LogP contribution in [-0.2, 0) is 21.2 Å². The predicted molar refractivity (Wildman–Crippen MR) is 54.1 cm³/mol. The number of nitrogens with one attached hydrogen (secondary N) is 1. The average molecular weight is 229 g/mol. The molecule has 0 aliphatic carbocycles. The van der Waals surface area contributed by atoms with Gasteiger partial charge in [0.25, 0.3) is 0 Å². The number of rotatable bonds is 4. The Morgan fingerprint density at radius 1 is 1.47 bits per heavy atom. The van der Waals surface area contributed by atoms with Gasteiger partial charge in [-0.05, 0) is 17.7 Å². The van der Waals surface area contributed by atoms with Gasteiger partial charge in [0.2, 0.25) is 6.41 Å². The third kappa shape index (κ3) is 2.95. The first-order chi connectivity index (χ1) is 6.95. The summed E-state index contributed by atoms with van der Waals surface area (Å²) in [5, 5.41) is 11.8. The molecular weight excluding hydrogens is 218 g/mol. The molecule has 0 radical (unpaired) electrons. The minimum Gasteiger partial charge on any atom is -0.507 e. The second-order valence-electron chi connectivity index (χ2n) is 3.07. The lowest BCUT2D eigenvalue weighted by atomic mass is 10.2. The van der Waals surface area contributed by atoms with Crippen molar-refractivity contribution in [1.82, 2.24) is 5.32 Å². The summed E-state index contributed by atoms with van der Waals surface area (Å²) in [6.07, 6.45) is 1.55. The normalized spacial score (nSPS) is 11.0.